The summed E-state index contributed by atoms with van der Waals surface area (Å²) in [7, 11) is 1.67. The van der Waals surface area contributed by atoms with Crippen molar-refractivity contribution in [1.29, 1.82) is 0 Å². The fraction of sp³-hybridized carbons (Fsp3) is 0.393. The zero-order chi connectivity index (χ0) is 25.1. The van der Waals surface area contributed by atoms with Crippen molar-refractivity contribution in [2.24, 2.45) is 11.8 Å². The number of nitrogens with one attached hydrogen (secondary N) is 2. The zero-order valence-electron chi connectivity index (χ0n) is 20.5. The van der Waals surface area contributed by atoms with Gasteiger partial charge in [-0.1, -0.05) is 30.4 Å². The molecule has 2 saturated heterocycles. The minimum Gasteiger partial charge on any atom is -0.497 e. The van der Waals surface area contributed by atoms with Crippen molar-refractivity contribution in [2.75, 3.05) is 25.2 Å². The van der Waals surface area contributed by atoms with Gasteiger partial charge in [0.05, 0.1) is 24.6 Å². The van der Waals surface area contributed by atoms with Crippen LogP contribution in [0.25, 0.3) is 0 Å². The second kappa shape index (κ2) is 10.5. The number of hydrogen-bond acceptors (Lipinski definition) is 5. The summed E-state index contributed by atoms with van der Waals surface area (Å²) in [5.74, 6) is -0.275. The molecular weight excluding hydrogens is 456 g/mol. The second-order valence-electron chi connectivity index (χ2n) is 9.73. The maximum Gasteiger partial charge on any atom is 0.251 e. The lowest BCUT2D eigenvalue weighted by Crippen LogP contribution is -2.59. The van der Waals surface area contributed by atoms with E-state index in [1.165, 1.54) is 10.6 Å². The third-order valence-electron chi connectivity index (χ3n) is 7.36. The number of ether oxygens (including phenoxy) is 1. The highest BCUT2D eigenvalue weighted by Gasteiger charge is 2.42. The largest absolute Gasteiger partial charge is 0.497 e. The molecule has 0 bridgehead atoms. The molecule has 2 unspecified atom stereocenters. The molecule has 2 heterocycles. The summed E-state index contributed by atoms with van der Waals surface area (Å²) >= 11 is 0. The number of fused-ring (bicyclic) bond motifs is 1. The Kier molecular flexibility index (Phi) is 7.04. The molecule has 36 heavy (non-hydrogen) atoms. The molecule has 2 atom stereocenters. The van der Waals surface area contributed by atoms with Crippen LogP contribution in [0.5, 0.6) is 5.75 Å². The summed E-state index contributed by atoms with van der Waals surface area (Å²) in [6, 6.07) is 15.1. The molecule has 0 spiro atoms. The van der Waals surface area contributed by atoms with Crippen LogP contribution in [-0.4, -0.2) is 48.9 Å². The Bertz CT molecular complexity index is 1170. The van der Waals surface area contributed by atoms with Crippen molar-refractivity contribution in [3.8, 4) is 5.75 Å². The monoisotopic (exact) mass is 488 g/mol. The first-order chi connectivity index (χ1) is 17.5. The Morgan fingerprint density at radius 2 is 1.78 bits per heavy atom. The number of carbonyl (C=O) groups is 3. The molecule has 8 heteroatoms. The number of benzene rings is 2. The maximum atomic E-state index is 13.1. The predicted molar refractivity (Wildman–Crippen MR) is 136 cm³/mol. The molecule has 1 aliphatic carbocycles. The molecule has 2 aliphatic heterocycles. The molecule has 188 valence electrons. The van der Waals surface area contributed by atoms with Crippen molar-refractivity contribution in [3.05, 3.63) is 71.8 Å². The summed E-state index contributed by atoms with van der Waals surface area (Å²) in [5, 5.41) is 4.45. The van der Waals surface area contributed by atoms with E-state index < -0.39 is 0 Å². The summed E-state index contributed by atoms with van der Waals surface area (Å²) in [5.41, 5.74) is 4.91. The van der Waals surface area contributed by atoms with Crippen molar-refractivity contribution in [2.45, 2.75) is 38.3 Å². The Morgan fingerprint density at radius 3 is 2.56 bits per heavy atom. The maximum absolute atomic E-state index is 13.1. The number of carbonyl (C=O) groups excluding carboxylic acids is 3. The topological polar surface area (TPSA) is 91.0 Å². The van der Waals surface area contributed by atoms with Crippen LogP contribution in [0.1, 0.15) is 41.6 Å². The molecule has 3 aliphatic rings. The predicted octanol–water partition coefficient (Wildman–Crippen LogP) is 3.05. The number of amides is 3. The van der Waals surface area contributed by atoms with Gasteiger partial charge in [-0.3, -0.25) is 24.7 Å². The Morgan fingerprint density at radius 1 is 1.03 bits per heavy atom. The average Bonchev–Trinajstić information content (AvgIpc) is 2.92. The Labute approximate surface area is 211 Å². The fourth-order valence-electron chi connectivity index (χ4n) is 5.30. The van der Waals surface area contributed by atoms with E-state index in [0.29, 0.717) is 24.1 Å². The first-order valence-electron chi connectivity index (χ1n) is 12.6. The van der Waals surface area contributed by atoms with Gasteiger partial charge < -0.3 is 10.1 Å². The SMILES string of the molecule is COc1cccc(CN2CCC(NC(=O)c3cccc(N4NC(=O)C5CC=CCC5C4=O)c3)CC2)c1. The molecule has 0 radical (unpaired) electrons. The van der Waals surface area contributed by atoms with Crippen LogP contribution in [0.3, 0.4) is 0 Å². The molecule has 2 N–H and O–H groups in total. The fourth-order valence-corrected chi connectivity index (χ4v) is 5.30. The number of likely N-dealkylation sites (tertiary alicyclic amines) is 1. The molecule has 3 amide bonds. The van der Waals surface area contributed by atoms with Crippen LogP contribution in [0.4, 0.5) is 5.69 Å². The summed E-state index contributed by atoms with van der Waals surface area (Å²) in [6.07, 6.45) is 6.79. The van der Waals surface area contributed by atoms with Crippen molar-refractivity contribution in [3.63, 3.8) is 0 Å². The van der Waals surface area contributed by atoms with Gasteiger partial charge >= 0.3 is 0 Å². The van der Waals surface area contributed by atoms with Crippen LogP contribution in [0.15, 0.2) is 60.7 Å². The van der Waals surface area contributed by atoms with Gasteiger partial charge in [-0.2, -0.15) is 0 Å². The van der Waals surface area contributed by atoms with Gasteiger partial charge in [-0.05, 0) is 61.6 Å². The normalized spacial score (nSPS) is 22.6. The number of allylic oxidation sites excluding steroid dienone is 2. The molecule has 5 rings (SSSR count). The molecule has 8 nitrogen and oxygen atoms in total. The van der Waals surface area contributed by atoms with Gasteiger partial charge in [-0.25, -0.2) is 5.01 Å². The Balaban J connectivity index is 1.18. The second-order valence-corrected chi connectivity index (χ2v) is 9.73. The van der Waals surface area contributed by atoms with Gasteiger partial charge in [-0.15, -0.1) is 0 Å². The third kappa shape index (κ3) is 5.14. The van der Waals surface area contributed by atoms with Crippen molar-refractivity contribution >= 4 is 23.4 Å². The van der Waals surface area contributed by atoms with Crippen molar-refractivity contribution < 1.29 is 19.1 Å². The van der Waals surface area contributed by atoms with E-state index in [9.17, 15) is 14.4 Å². The number of anilines is 1. The van der Waals surface area contributed by atoms with E-state index in [1.54, 1.807) is 31.4 Å². The smallest absolute Gasteiger partial charge is 0.251 e. The highest BCUT2D eigenvalue weighted by molar-refractivity contribution is 6.05. The lowest BCUT2D eigenvalue weighted by atomic mass is 9.80. The highest BCUT2D eigenvalue weighted by Crippen LogP contribution is 2.32. The van der Waals surface area contributed by atoms with Gasteiger partial charge in [0.2, 0.25) is 11.8 Å². The molecule has 2 aromatic carbocycles. The van der Waals surface area contributed by atoms with Gasteiger partial charge in [0, 0.05) is 31.2 Å². The minimum atomic E-state index is -0.358. The van der Waals surface area contributed by atoms with Crippen molar-refractivity contribution in [1.82, 2.24) is 15.6 Å². The molecule has 2 aromatic rings. The van der Waals surface area contributed by atoms with Crippen LogP contribution in [-0.2, 0) is 16.1 Å². The number of nitrogens with zero attached hydrogens (tertiary/aromatic N) is 2. The molecule has 0 aromatic heterocycles. The van der Waals surface area contributed by atoms with Crippen LogP contribution < -0.4 is 20.5 Å². The van der Waals surface area contributed by atoms with Gasteiger partial charge in [0.15, 0.2) is 0 Å². The third-order valence-corrected chi connectivity index (χ3v) is 7.36. The first kappa shape index (κ1) is 24.1. The van der Waals surface area contributed by atoms with Crippen LogP contribution >= 0.6 is 0 Å². The first-order valence-corrected chi connectivity index (χ1v) is 12.6. The van der Waals surface area contributed by atoms with Crippen LogP contribution in [0, 0.1) is 11.8 Å². The number of hydrazine groups is 1. The summed E-state index contributed by atoms with van der Waals surface area (Å²) in [6.45, 7) is 2.65. The van der Waals surface area contributed by atoms with Crippen LogP contribution in [0.2, 0.25) is 0 Å². The average molecular weight is 489 g/mol. The quantitative estimate of drug-likeness (QED) is 0.610. The van der Waals surface area contributed by atoms with E-state index >= 15 is 0 Å². The molecular formula is C28H32N4O4. The van der Waals surface area contributed by atoms with Gasteiger partial charge in [0.1, 0.15) is 5.75 Å². The Hall–Kier alpha value is -3.65. The summed E-state index contributed by atoms with van der Waals surface area (Å²) < 4.78 is 5.32. The lowest BCUT2D eigenvalue weighted by molar-refractivity contribution is -0.139. The van der Waals surface area contributed by atoms with E-state index in [2.05, 4.69) is 27.8 Å². The standard InChI is InChI=1S/C28H32N4O4/c1-36-23-9-4-6-19(16-23)18-31-14-12-21(13-15-31)29-26(33)20-7-5-8-22(17-20)32-28(35)25-11-3-2-10-24(25)27(34)30-32/h2-9,16-17,21,24-25H,10-15,18H2,1H3,(H,29,33)(H,30,34). The lowest BCUT2D eigenvalue weighted by Gasteiger charge is -2.38. The highest BCUT2D eigenvalue weighted by atomic mass is 16.5. The summed E-state index contributed by atoms with van der Waals surface area (Å²) in [4.78, 5) is 41.1. The zero-order valence-corrected chi connectivity index (χ0v) is 20.5. The number of hydrogen-bond donors (Lipinski definition) is 2. The number of methoxy groups -OCH3 is 1. The van der Waals surface area contributed by atoms with E-state index in [-0.39, 0.29) is 35.6 Å². The molecule has 0 saturated carbocycles. The van der Waals surface area contributed by atoms with E-state index in [4.69, 9.17) is 4.74 Å². The minimum absolute atomic E-state index is 0.0915. The number of piperidine rings is 1. The number of rotatable bonds is 6. The van der Waals surface area contributed by atoms with E-state index in [0.717, 1.165) is 38.2 Å². The molecule has 2 fully saturated rings. The van der Waals surface area contributed by atoms with Gasteiger partial charge in [0.25, 0.3) is 5.91 Å². The van der Waals surface area contributed by atoms with E-state index in [1.807, 2.05) is 24.3 Å².